The first-order valence-corrected chi connectivity index (χ1v) is 9.14. The summed E-state index contributed by atoms with van der Waals surface area (Å²) in [6.45, 7) is -0.463. The van der Waals surface area contributed by atoms with Crippen molar-refractivity contribution in [2.45, 2.75) is 0 Å². The number of furan rings is 1. The number of hydrogen-bond donors (Lipinski definition) is 1. The van der Waals surface area contributed by atoms with Gasteiger partial charge in [-0.2, -0.15) is 0 Å². The molecule has 1 aromatic carbocycles. The molecule has 28 heavy (non-hydrogen) atoms. The number of thioether (sulfide) groups is 1. The predicted molar refractivity (Wildman–Crippen MR) is 104 cm³/mol. The maximum absolute atomic E-state index is 12.3. The number of amides is 1. The number of nitrogens with zero attached hydrogens (tertiary/aromatic N) is 5. The second kappa shape index (κ2) is 7.37. The van der Waals surface area contributed by atoms with Gasteiger partial charge in [-0.15, -0.1) is 5.10 Å². The van der Waals surface area contributed by atoms with Crippen LogP contribution in [0, 0.1) is 0 Å². The minimum Gasteiger partial charge on any atom is -0.480 e. The Labute approximate surface area is 167 Å². The second-order valence-corrected chi connectivity index (χ2v) is 7.34. The van der Waals surface area contributed by atoms with Crippen molar-refractivity contribution in [1.29, 1.82) is 0 Å². The standard InChI is InChI=1S/C17H11N5O4S2/c23-15(24)8-21-16(25)14(28-17(21)27)7-12-4-5-13(26-12)10-2-1-3-11(6-10)22-9-18-19-20-22/h1-7,9H,8H2,(H,23,24). The van der Waals surface area contributed by atoms with E-state index in [2.05, 4.69) is 15.5 Å². The van der Waals surface area contributed by atoms with Crippen molar-refractivity contribution < 1.29 is 19.1 Å². The molecule has 1 amide bonds. The van der Waals surface area contributed by atoms with Gasteiger partial charge in [0.05, 0.1) is 10.6 Å². The van der Waals surface area contributed by atoms with Gasteiger partial charge in [-0.25, -0.2) is 4.68 Å². The summed E-state index contributed by atoms with van der Waals surface area (Å²) in [5, 5.41) is 20.0. The number of carboxylic acid groups (broad SMARTS) is 1. The van der Waals surface area contributed by atoms with E-state index in [1.165, 1.54) is 11.0 Å². The van der Waals surface area contributed by atoms with E-state index in [1.54, 1.807) is 18.2 Å². The number of carbonyl (C=O) groups excluding carboxylic acids is 1. The van der Waals surface area contributed by atoms with Crippen molar-refractivity contribution in [3.63, 3.8) is 0 Å². The van der Waals surface area contributed by atoms with Gasteiger partial charge >= 0.3 is 5.97 Å². The van der Waals surface area contributed by atoms with Gasteiger partial charge in [0.2, 0.25) is 0 Å². The topological polar surface area (TPSA) is 114 Å². The average molecular weight is 413 g/mol. The summed E-state index contributed by atoms with van der Waals surface area (Å²) in [5.41, 5.74) is 1.58. The zero-order chi connectivity index (χ0) is 19.7. The molecule has 1 fully saturated rings. The van der Waals surface area contributed by atoms with Gasteiger partial charge in [-0.3, -0.25) is 14.5 Å². The maximum Gasteiger partial charge on any atom is 0.323 e. The van der Waals surface area contributed by atoms with Crippen LogP contribution in [0.25, 0.3) is 23.1 Å². The Morgan fingerprint density at radius 1 is 1.32 bits per heavy atom. The van der Waals surface area contributed by atoms with Gasteiger partial charge in [-0.1, -0.05) is 36.1 Å². The Bertz CT molecular complexity index is 1110. The molecule has 0 aliphatic carbocycles. The lowest BCUT2D eigenvalue weighted by atomic mass is 10.1. The lowest BCUT2D eigenvalue weighted by molar-refractivity contribution is -0.140. The van der Waals surface area contributed by atoms with Crippen LogP contribution < -0.4 is 0 Å². The first-order chi connectivity index (χ1) is 13.5. The van der Waals surface area contributed by atoms with E-state index in [0.717, 1.165) is 27.9 Å². The van der Waals surface area contributed by atoms with Crippen LogP contribution in [0.4, 0.5) is 0 Å². The fourth-order valence-electron chi connectivity index (χ4n) is 2.57. The van der Waals surface area contributed by atoms with E-state index >= 15 is 0 Å². The normalized spacial score (nSPS) is 15.6. The number of carboxylic acids is 1. The van der Waals surface area contributed by atoms with Gasteiger partial charge in [0.25, 0.3) is 5.91 Å². The van der Waals surface area contributed by atoms with Crippen LogP contribution in [0.5, 0.6) is 0 Å². The van der Waals surface area contributed by atoms with Crippen molar-refractivity contribution in [2.24, 2.45) is 0 Å². The second-order valence-electron chi connectivity index (χ2n) is 5.67. The molecular weight excluding hydrogens is 402 g/mol. The average Bonchev–Trinajstić information content (AvgIpc) is 3.41. The first-order valence-electron chi connectivity index (χ1n) is 7.92. The van der Waals surface area contributed by atoms with Crippen LogP contribution in [0.15, 0.2) is 52.0 Å². The van der Waals surface area contributed by atoms with Gasteiger partial charge < -0.3 is 9.52 Å². The first kappa shape index (κ1) is 18.1. The van der Waals surface area contributed by atoms with Crippen molar-refractivity contribution >= 4 is 46.3 Å². The van der Waals surface area contributed by atoms with E-state index in [-0.39, 0.29) is 4.32 Å². The number of rotatable bonds is 5. The molecule has 0 unspecified atom stereocenters. The zero-order valence-electron chi connectivity index (χ0n) is 14.1. The highest BCUT2D eigenvalue weighted by atomic mass is 32.2. The van der Waals surface area contributed by atoms with Crippen LogP contribution in [0.3, 0.4) is 0 Å². The number of carbonyl (C=O) groups is 2. The third-order valence-corrected chi connectivity index (χ3v) is 5.19. The maximum atomic E-state index is 12.3. The number of aromatic nitrogens is 4. The lowest BCUT2D eigenvalue weighted by Gasteiger charge is -2.09. The Morgan fingerprint density at radius 3 is 2.93 bits per heavy atom. The molecule has 0 radical (unpaired) electrons. The Balaban J connectivity index is 1.58. The molecule has 1 aliphatic heterocycles. The van der Waals surface area contributed by atoms with Crippen molar-refractivity contribution in [2.75, 3.05) is 6.54 Å². The molecule has 0 saturated carbocycles. The smallest absolute Gasteiger partial charge is 0.323 e. The van der Waals surface area contributed by atoms with Crippen LogP contribution >= 0.6 is 24.0 Å². The SMILES string of the molecule is O=C(O)CN1C(=O)C(=Cc2ccc(-c3cccc(-n4cnnn4)c3)o2)SC1=S. The van der Waals surface area contributed by atoms with Crippen LogP contribution in [0.2, 0.25) is 0 Å². The summed E-state index contributed by atoms with van der Waals surface area (Å²) < 4.78 is 7.56. The van der Waals surface area contributed by atoms with Gasteiger partial charge in [-0.05, 0) is 34.7 Å². The summed E-state index contributed by atoms with van der Waals surface area (Å²) in [6.07, 6.45) is 3.04. The molecule has 0 spiro atoms. The summed E-state index contributed by atoms with van der Waals surface area (Å²) in [4.78, 5) is 24.6. The quantitative estimate of drug-likeness (QED) is 0.496. The van der Waals surface area contributed by atoms with E-state index in [1.807, 2.05) is 24.3 Å². The minimum absolute atomic E-state index is 0.208. The van der Waals surface area contributed by atoms with Crippen molar-refractivity contribution in [3.05, 3.63) is 53.4 Å². The van der Waals surface area contributed by atoms with Gasteiger partial charge in [0.1, 0.15) is 28.7 Å². The molecule has 11 heteroatoms. The lowest BCUT2D eigenvalue weighted by Crippen LogP contribution is -2.33. The Morgan fingerprint density at radius 2 is 2.18 bits per heavy atom. The van der Waals surface area contributed by atoms with Crippen LogP contribution in [-0.4, -0.2) is 53.0 Å². The predicted octanol–water partition coefficient (Wildman–Crippen LogP) is 2.21. The third kappa shape index (κ3) is 3.57. The largest absolute Gasteiger partial charge is 0.480 e. The van der Waals surface area contributed by atoms with Gasteiger partial charge in [0.15, 0.2) is 0 Å². The Hall–Kier alpha value is -3.31. The molecule has 1 N–H and O–H groups in total. The molecule has 4 rings (SSSR count). The fourth-order valence-corrected chi connectivity index (χ4v) is 3.80. The Kier molecular flexibility index (Phi) is 4.75. The van der Waals surface area contributed by atoms with E-state index in [4.69, 9.17) is 21.7 Å². The van der Waals surface area contributed by atoms with Crippen molar-refractivity contribution in [3.8, 4) is 17.0 Å². The third-order valence-electron chi connectivity index (χ3n) is 3.81. The molecule has 1 aliphatic rings. The summed E-state index contributed by atoms with van der Waals surface area (Å²) >= 11 is 6.12. The highest BCUT2D eigenvalue weighted by Crippen LogP contribution is 2.33. The number of thiocarbonyl (C=S) groups is 1. The number of tetrazole rings is 1. The molecule has 0 bridgehead atoms. The minimum atomic E-state index is -1.12. The molecular formula is C17H11N5O4S2. The zero-order valence-corrected chi connectivity index (χ0v) is 15.7. The van der Waals surface area contributed by atoms with Crippen molar-refractivity contribution in [1.82, 2.24) is 25.1 Å². The molecule has 9 nitrogen and oxygen atoms in total. The molecule has 3 heterocycles. The van der Waals surface area contributed by atoms with Crippen LogP contribution in [0.1, 0.15) is 5.76 Å². The fraction of sp³-hybridized carbons (Fsp3) is 0.0588. The van der Waals surface area contributed by atoms with E-state index in [9.17, 15) is 9.59 Å². The van der Waals surface area contributed by atoms with Crippen LogP contribution in [-0.2, 0) is 9.59 Å². The number of aliphatic carboxylic acids is 1. The number of hydrogen-bond acceptors (Lipinski definition) is 8. The number of benzene rings is 1. The highest BCUT2D eigenvalue weighted by Gasteiger charge is 2.33. The van der Waals surface area contributed by atoms with E-state index < -0.39 is 18.4 Å². The molecule has 2 aromatic heterocycles. The summed E-state index contributed by atoms with van der Waals surface area (Å²) in [6, 6.07) is 11.0. The monoisotopic (exact) mass is 413 g/mol. The summed E-state index contributed by atoms with van der Waals surface area (Å²) in [7, 11) is 0. The summed E-state index contributed by atoms with van der Waals surface area (Å²) in [5.74, 6) is -0.517. The molecule has 140 valence electrons. The van der Waals surface area contributed by atoms with E-state index in [0.29, 0.717) is 16.4 Å². The molecule has 3 aromatic rings. The molecule has 0 atom stereocenters. The highest BCUT2D eigenvalue weighted by molar-refractivity contribution is 8.26. The van der Waals surface area contributed by atoms with Gasteiger partial charge in [0, 0.05) is 11.6 Å². The molecule has 1 saturated heterocycles.